The first-order valence-electron chi connectivity index (χ1n) is 8.73. The Morgan fingerprint density at radius 1 is 1.29 bits per heavy atom. The maximum atomic E-state index is 12.8. The zero-order chi connectivity index (χ0) is 20.6. The highest BCUT2D eigenvalue weighted by Gasteiger charge is 2.25. The predicted octanol–water partition coefficient (Wildman–Crippen LogP) is 3.88. The molecule has 0 fully saturated rings. The van der Waals surface area contributed by atoms with Crippen LogP contribution in [0.5, 0.6) is 0 Å². The second kappa shape index (κ2) is 7.82. The molecule has 0 bridgehead atoms. The highest BCUT2D eigenvalue weighted by atomic mass is 35.5. The molecule has 0 radical (unpaired) electrons. The molecule has 0 saturated heterocycles. The van der Waals surface area contributed by atoms with E-state index >= 15 is 0 Å². The van der Waals surface area contributed by atoms with Gasteiger partial charge < -0.3 is 5.32 Å². The van der Waals surface area contributed by atoms with E-state index in [-0.39, 0.29) is 15.8 Å². The lowest BCUT2D eigenvalue weighted by molar-refractivity contribution is 0.103. The lowest BCUT2D eigenvalue weighted by Gasteiger charge is -2.19. The van der Waals surface area contributed by atoms with E-state index in [0.29, 0.717) is 23.7 Å². The number of nitrogens with zero attached hydrogens (tertiary/aromatic N) is 3. The molecule has 150 valence electrons. The lowest BCUT2D eigenvalue weighted by atomic mass is 10.3. The second-order valence-electron chi connectivity index (χ2n) is 6.23. The van der Waals surface area contributed by atoms with Crippen LogP contribution in [-0.2, 0) is 17.1 Å². The highest BCUT2D eigenvalue weighted by molar-refractivity contribution is 7.89. The summed E-state index contributed by atoms with van der Waals surface area (Å²) in [6.07, 6.45) is 0. The minimum Gasteiger partial charge on any atom is -0.321 e. The largest absolute Gasteiger partial charge is 0.321 e. The van der Waals surface area contributed by atoms with Crippen molar-refractivity contribution in [2.45, 2.75) is 25.7 Å². The number of nitrogens with one attached hydrogen (secondary N) is 1. The van der Waals surface area contributed by atoms with Crippen molar-refractivity contribution in [3.63, 3.8) is 0 Å². The normalized spacial score (nSPS) is 12.1. The molecule has 28 heavy (non-hydrogen) atoms. The number of halogens is 1. The minimum absolute atomic E-state index is 0.0212. The van der Waals surface area contributed by atoms with Gasteiger partial charge in [-0.3, -0.25) is 9.48 Å². The van der Waals surface area contributed by atoms with E-state index in [1.54, 1.807) is 30.7 Å². The van der Waals surface area contributed by atoms with E-state index in [1.807, 2.05) is 14.0 Å². The fourth-order valence-corrected chi connectivity index (χ4v) is 5.97. The zero-order valence-electron chi connectivity index (χ0n) is 16.0. The van der Waals surface area contributed by atoms with Crippen LogP contribution in [0.15, 0.2) is 29.2 Å². The van der Waals surface area contributed by atoms with Crippen LogP contribution in [0.1, 0.15) is 29.2 Å². The third kappa shape index (κ3) is 3.67. The van der Waals surface area contributed by atoms with Crippen LogP contribution >= 0.6 is 22.9 Å². The van der Waals surface area contributed by atoms with Gasteiger partial charge in [0.05, 0.1) is 15.6 Å². The second-order valence-corrected chi connectivity index (χ2v) is 9.57. The molecule has 0 aliphatic rings. The third-order valence-electron chi connectivity index (χ3n) is 4.43. The number of carbonyl (C=O) groups excluding carboxylic acids is 1. The van der Waals surface area contributed by atoms with Crippen molar-refractivity contribution in [2.75, 3.05) is 18.4 Å². The van der Waals surface area contributed by atoms with Gasteiger partial charge in [0.1, 0.15) is 9.73 Å². The van der Waals surface area contributed by atoms with Gasteiger partial charge in [0.25, 0.3) is 5.91 Å². The SMILES string of the molecule is CCN(CC)S(=O)(=O)c1cc(NC(=O)c2cc3c(C)nn(C)c3s2)ccc1Cl. The van der Waals surface area contributed by atoms with Crippen LogP contribution in [0.3, 0.4) is 0 Å². The van der Waals surface area contributed by atoms with Crippen molar-refractivity contribution in [3.05, 3.63) is 39.9 Å². The molecule has 0 atom stereocenters. The van der Waals surface area contributed by atoms with Crippen molar-refractivity contribution in [1.82, 2.24) is 14.1 Å². The van der Waals surface area contributed by atoms with Crippen molar-refractivity contribution in [3.8, 4) is 0 Å². The van der Waals surface area contributed by atoms with Crippen LogP contribution in [0.2, 0.25) is 5.02 Å². The number of hydrogen-bond donors (Lipinski definition) is 1. The number of hydrogen-bond acceptors (Lipinski definition) is 5. The van der Waals surface area contributed by atoms with Gasteiger partial charge >= 0.3 is 0 Å². The van der Waals surface area contributed by atoms with E-state index < -0.39 is 10.0 Å². The first-order chi connectivity index (χ1) is 13.2. The number of amides is 1. The minimum atomic E-state index is -3.74. The summed E-state index contributed by atoms with van der Waals surface area (Å²) in [4.78, 5) is 14.1. The monoisotopic (exact) mass is 440 g/mol. The fraction of sp³-hybridized carbons (Fsp3) is 0.333. The Kier molecular flexibility index (Phi) is 5.81. The van der Waals surface area contributed by atoms with Crippen molar-refractivity contribution in [2.24, 2.45) is 7.05 Å². The molecule has 0 saturated carbocycles. The molecule has 3 rings (SSSR count). The average molecular weight is 441 g/mol. The molecule has 0 unspecified atom stereocenters. The van der Waals surface area contributed by atoms with Crippen molar-refractivity contribution >= 4 is 54.8 Å². The Morgan fingerprint density at radius 3 is 2.57 bits per heavy atom. The van der Waals surface area contributed by atoms with Crippen LogP contribution in [0.4, 0.5) is 5.69 Å². The summed E-state index contributed by atoms with van der Waals surface area (Å²) in [6, 6.07) is 6.25. The number of aryl methyl sites for hydroxylation is 2. The average Bonchev–Trinajstić information content (AvgIpc) is 3.19. The van der Waals surface area contributed by atoms with E-state index in [2.05, 4.69) is 10.4 Å². The van der Waals surface area contributed by atoms with Crippen LogP contribution < -0.4 is 5.32 Å². The van der Waals surface area contributed by atoms with E-state index in [0.717, 1.165) is 15.9 Å². The van der Waals surface area contributed by atoms with Crippen molar-refractivity contribution < 1.29 is 13.2 Å². The number of carbonyl (C=O) groups is 1. The molecule has 1 N–H and O–H groups in total. The molecule has 0 aliphatic heterocycles. The van der Waals surface area contributed by atoms with Gasteiger partial charge in [-0.2, -0.15) is 9.40 Å². The smallest absolute Gasteiger partial charge is 0.265 e. The van der Waals surface area contributed by atoms with Crippen LogP contribution in [0.25, 0.3) is 10.2 Å². The Balaban J connectivity index is 1.92. The van der Waals surface area contributed by atoms with Gasteiger partial charge in [-0.25, -0.2) is 8.42 Å². The zero-order valence-corrected chi connectivity index (χ0v) is 18.4. The van der Waals surface area contributed by atoms with Gasteiger partial charge in [-0.1, -0.05) is 25.4 Å². The van der Waals surface area contributed by atoms with Gasteiger partial charge in [0.2, 0.25) is 10.0 Å². The predicted molar refractivity (Wildman–Crippen MR) is 113 cm³/mol. The summed E-state index contributed by atoms with van der Waals surface area (Å²) in [6.45, 7) is 6.08. The first kappa shape index (κ1) is 20.8. The van der Waals surface area contributed by atoms with Gasteiger partial charge in [-0.05, 0) is 31.2 Å². The molecule has 1 amide bonds. The van der Waals surface area contributed by atoms with E-state index in [1.165, 1.54) is 27.8 Å². The summed E-state index contributed by atoms with van der Waals surface area (Å²) >= 11 is 7.47. The molecule has 0 aliphatic carbocycles. The highest BCUT2D eigenvalue weighted by Crippen LogP contribution is 2.30. The fourth-order valence-electron chi connectivity index (χ4n) is 2.99. The molecule has 0 spiro atoms. The molecule has 3 aromatic rings. The molecular formula is C18H21ClN4O3S2. The summed E-state index contributed by atoms with van der Waals surface area (Å²) in [7, 11) is -1.91. The Morgan fingerprint density at radius 2 is 1.96 bits per heavy atom. The maximum absolute atomic E-state index is 12.8. The summed E-state index contributed by atoms with van der Waals surface area (Å²) in [5.74, 6) is -0.311. The summed E-state index contributed by atoms with van der Waals surface area (Å²) in [5, 5.41) is 8.14. The molecule has 1 aromatic carbocycles. The number of anilines is 1. The lowest BCUT2D eigenvalue weighted by Crippen LogP contribution is -2.30. The number of sulfonamides is 1. The molecule has 7 nitrogen and oxygen atoms in total. The number of fused-ring (bicyclic) bond motifs is 1. The molecule has 2 heterocycles. The number of thiophene rings is 1. The Labute approximate surface area is 173 Å². The van der Waals surface area contributed by atoms with Gasteiger partial charge in [-0.15, -0.1) is 11.3 Å². The number of rotatable bonds is 6. The van der Waals surface area contributed by atoms with Gasteiger partial charge in [0.15, 0.2) is 0 Å². The maximum Gasteiger partial charge on any atom is 0.265 e. The topological polar surface area (TPSA) is 84.3 Å². The molecular weight excluding hydrogens is 420 g/mol. The third-order valence-corrected chi connectivity index (χ3v) is 8.16. The number of aromatic nitrogens is 2. The van der Waals surface area contributed by atoms with E-state index in [4.69, 9.17) is 11.6 Å². The standard InChI is InChI=1S/C18H21ClN4O3S2/c1-5-23(6-2)28(25,26)16-9-12(7-8-14(16)19)20-17(24)15-10-13-11(3)21-22(4)18(13)27-15/h7-10H,5-6H2,1-4H3,(H,20,24). The quantitative estimate of drug-likeness (QED) is 0.630. The first-order valence-corrected chi connectivity index (χ1v) is 11.4. The van der Waals surface area contributed by atoms with Gasteiger partial charge in [0, 0.05) is 31.2 Å². The van der Waals surface area contributed by atoms with Crippen LogP contribution in [0, 0.1) is 6.92 Å². The Hall–Kier alpha value is -1.94. The van der Waals surface area contributed by atoms with E-state index in [9.17, 15) is 13.2 Å². The molecule has 10 heteroatoms. The Bertz CT molecular complexity index is 1110. The van der Waals surface area contributed by atoms with Crippen LogP contribution in [-0.4, -0.2) is 41.5 Å². The molecule has 2 aromatic heterocycles. The summed E-state index contributed by atoms with van der Waals surface area (Å²) in [5.41, 5.74) is 1.22. The van der Waals surface area contributed by atoms with Crippen molar-refractivity contribution in [1.29, 1.82) is 0 Å². The number of benzene rings is 1. The summed E-state index contributed by atoms with van der Waals surface area (Å²) < 4.78 is 28.7.